The maximum Gasteiger partial charge on any atom is 0.231 e. The minimum atomic E-state index is -0.751. The van der Waals surface area contributed by atoms with E-state index in [-0.39, 0.29) is 13.3 Å². The highest BCUT2D eigenvalue weighted by atomic mass is 16.7. The zero-order valence-electron chi connectivity index (χ0n) is 9.14. The first kappa shape index (κ1) is 11.2. The highest BCUT2D eigenvalue weighted by molar-refractivity contribution is 5.49. The fourth-order valence-electron chi connectivity index (χ4n) is 1.77. The number of hydrogen-bond donors (Lipinski definition) is 3. The van der Waals surface area contributed by atoms with Gasteiger partial charge in [-0.1, -0.05) is 0 Å². The van der Waals surface area contributed by atoms with Crippen molar-refractivity contribution < 1.29 is 14.6 Å². The van der Waals surface area contributed by atoms with Crippen LogP contribution in [0.15, 0.2) is 12.1 Å². The number of nitrogens with two attached hydrogens (primary N) is 2. The van der Waals surface area contributed by atoms with Gasteiger partial charge < -0.3 is 26.0 Å². The van der Waals surface area contributed by atoms with E-state index in [0.29, 0.717) is 5.75 Å². The SMILES string of the molecule is Cc1cc2c(cc1C(N)C(O)CN)OCO2. The molecule has 5 heteroatoms. The molecule has 0 aliphatic carbocycles. The molecule has 5 nitrogen and oxygen atoms in total. The van der Waals surface area contributed by atoms with Gasteiger partial charge in [-0.05, 0) is 30.2 Å². The van der Waals surface area contributed by atoms with Crippen molar-refractivity contribution in [1.29, 1.82) is 0 Å². The summed E-state index contributed by atoms with van der Waals surface area (Å²) < 4.78 is 10.5. The molecule has 0 saturated heterocycles. The van der Waals surface area contributed by atoms with Crippen LogP contribution in [-0.2, 0) is 0 Å². The first-order valence-corrected chi connectivity index (χ1v) is 5.17. The molecule has 1 aliphatic heterocycles. The molecule has 0 fully saturated rings. The highest BCUT2D eigenvalue weighted by Gasteiger charge is 2.22. The van der Waals surface area contributed by atoms with Crippen molar-refractivity contribution in [3.8, 4) is 11.5 Å². The van der Waals surface area contributed by atoms with Gasteiger partial charge in [0, 0.05) is 6.54 Å². The minimum absolute atomic E-state index is 0.134. The predicted molar refractivity (Wildman–Crippen MR) is 59.3 cm³/mol. The van der Waals surface area contributed by atoms with E-state index in [1.807, 2.05) is 13.0 Å². The molecular weight excluding hydrogens is 208 g/mol. The zero-order valence-corrected chi connectivity index (χ0v) is 9.14. The Morgan fingerprint density at radius 1 is 1.38 bits per heavy atom. The number of benzene rings is 1. The second-order valence-electron chi connectivity index (χ2n) is 3.89. The molecule has 2 atom stereocenters. The Morgan fingerprint density at radius 3 is 2.62 bits per heavy atom. The van der Waals surface area contributed by atoms with Crippen LogP contribution in [0.4, 0.5) is 0 Å². The van der Waals surface area contributed by atoms with Gasteiger partial charge in [0.15, 0.2) is 11.5 Å². The van der Waals surface area contributed by atoms with Gasteiger partial charge in [0.05, 0.1) is 12.1 Å². The average Bonchev–Trinajstić information content (AvgIpc) is 2.72. The smallest absolute Gasteiger partial charge is 0.231 e. The lowest BCUT2D eigenvalue weighted by atomic mass is 9.97. The second-order valence-corrected chi connectivity index (χ2v) is 3.89. The number of rotatable bonds is 3. The number of aryl methyl sites for hydroxylation is 1. The standard InChI is InChI=1S/C11H16N2O3/c1-6-2-9-10(16-5-15-9)3-7(6)11(13)8(14)4-12/h2-3,8,11,14H,4-5,12-13H2,1H3. The Labute approximate surface area is 94.0 Å². The van der Waals surface area contributed by atoms with Crippen molar-refractivity contribution in [3.05, 3.63) is 23.3 Å². The first-order valence-electron chi connectivity index (χ1n) is 5.17. The van der Waals surface area contributed by atoms with Crippen molar-refractivity contribution in [2.75, 3.05) is 13.3 Å². The van der Waals surface area contributed by atoms with Crippen LogP contribution >= 0.6 is 0 Å². The van der Waals surface area contributed by atoms with Crippen LogP contribution in [0.1, 0.15) is 17.2 Å². The number of fused-ring (bicyclic) bond motifs is 1. The second kappa shape index (κ2) is 4.29. The van der Waals surface area contributed by atoms with Crippen LogP contribution in [0, 0.1) is 6.92 Å². The van der Waals surface area contributed by atoms with Crippen molar-refractivity contribution in [3.63, 3.8) is 0 Å². The van der Waals surface area contributed by atoms with E-state index in [0.717, 1.165) is 16.9 Å². The Morgan fingerprint density at radius 2 is 2.00 bits per heavy atom. The summed E-state index contributed by atoms with van der Waals surface area (Å²) in [4.78, 5) is 0. The van der Waals surface area contributed by atoms with Crippen molar-refractivity contribution in [2.45, 2.75) is 19.1 Å². The predicted octanol–water partition coefficient (Wildman–Crippen LogP) is 0.0431. The molecule has 0 amide bonds. The summed E-state index contributed by atoms with van der Waals surface area (Å²) in [6.07, 6.45) is -0.751. The average molecular weight is 224 g/mol. The minimum Gasteiger partial charge on any atom is -0.454 e. The molecule has 1 heterocycles. The normalized spacial score (nSPS) is 17.2. The quantitative estimate of drug-likeness (QED) is 0.674. The molecule has 0 bridgehead atoms. The Hall–Kier alpha value is -1.30. The molecule has 5 N–H and O–H groups in total. The van der Waals surface area contributed by atoms with Crippen LogP contribution in [0.25, 0.3) is 0 Å². The maximum absolute atomic E-state index is 9.63. The summed E-state index contributed by atoms with van der Waals surface area (Å²) in [5.41, 5.74) is 13.1. The van der Waals surface area contributed by atoms with Crippen LogP contribution in [0.2, 0.25) is 0 Å². The van der Waals surface area contributed by atoms with Crippen molar-refractivity contribution >= 4 is 0 Å². The lowest BCUT2D eigenvalue weighted by Crippen LogP contribution is -2.33. The van der Waals surface area contributed by atoms with Crippen LogP contribution in [-0.4, -0.2) is 24.5 Å². The Bertz CT molecular complexity index is 395. The van der Waals surface area contributed by atoms with Crippen molar-refractivity contribution in [2.24, 2.45) is 11.5 Å². The molecule has 2 unspecified atom stereocenters. The summed E-state index contributed by atoms with van der Waals surface area (Å²) in [5.74, 6) is 1.39. The fourth-order valence-corrected chi connectivity index (χ4v) is 1.77. The van der Waals surface area contributed by atoms with E-state index in [1.54, 1.807) is 6.07 Å². The first-order chi connectivity index (χ1) is 7.63. The van der Waals surface area contributed by atoms with Crippen LogP contribution in [0.5, 0.6) is 11.5 Å². The van der Waals surface area contributed by atoms with E-state index in [4.69, 9.17) is 20.9 Å². The third-order valence-electron chi connectivity index (χ3n) is 2.78. The number of aliphatic hydroxyl groups is 1. The number of ether oxygens (including phenoxy) is 2. The third kappa shape index (κ3) is 1.84. The van der Waals surface area contributed by atoms with E-state index in [9.17, 15) is 5.11 Å². The Kier molecular flexibility index (Phi) is 3.00. The van der Waals surface area contributed by atoms with Crippen LogP contribution in [0.3, 0.4) is 0 Å². The highest BCUT2D eigenvalue weighted by Crippen LogP contribution is 2.36. The van der Waals surface area contributed by atoms with E-state index < -0.39 is 12.1 Å². The van der Waals surface area contributed by atoms with Crippen molar-refractivity contribution in [1.82, 2.24) is 0 Å². The lowest BCUT2D eigenvalue weighted by Gasteiger charge is -2.19. The molecular formula is C11H16N2O3. The van der Waals surface area contributed by atoms with E-state index in [1.165, 1.54) is 0 Å². The lowest BCUT2D eigenvalue weighted by molar-refractivity contribution is 0.152. The number of aliphatic hydroxyl groups excluding tert-OH is 1. The summed E-state index contributed by atoms with van der Waals surface area (Å²) in [6.45, 7) is 2.28. The molecule has 16 heavy (non-hydrogen) atoms. The molecule has 2 rings (SSSR count). The summed E-state index contributed by atoms with van der Waals surface area (Å²) in [7, 11) is 0. The zero-order chi connectivity index (χ0) is 11.7. The van der Waals surface area contributed by atoms with Gasteiger partial charge >= 0.3 is 0 Å². The monoisotopic (exact) mass is 224 g/mol. The largest absolute Gasteiger partial charge is 0.454 e. The van der Waals surface area contributed by atoms with Gasteiger partial charge in [0.25, 0.3) is 0 Å². The van der Waals surface area contributed by atoms with E-state index >= 15 is 0 Å². The van der Waals surface area contributed by atoms with Gasteiger partial charge in [0.2, 0.25) is 6.79 Å². The van der Waals surface area contributed by atoms with Gasteiger partial charge in [-0.3, -0.25) is 0 Å². The molecule has 0 spiro atoms. The van der Waals surface area contributed by atoms with Gasteiger partial charge in [-0.15, -0.1) is 0 Å². The molecule has 0 radical (unpaired) electrons. The van der Waals surface area contributed by atoms with Gasteiger partial charge in [0.1, 0.15) is 0 Å². The third-order valence-corrected chi connectivity index (χ3v) is 2.78. The van der Waals surface area contributed by atoms with E-state index in [2.05, 4.69) is 0 Å². The summed E-state index contributed by atoms with van der Waals surface area (Å²) >= 11 is 0. The topological polar surface area (TPSA) is 90.7 Å². The number of hydrogen-bond acceptors (Lipinski definition) is 5. The summed E-state index contributed by atoms with van der Waals surface area (Å²) in [6, 6.07) is 3.17. The molecule has 0 saturated carbocycles. The maximum atomic E-state index is 9.63. The van der Waals surface area contributed by atoms with Gasteiger partial charge in [-0.2, -0.15) is 0 Å². The van der Waals surface area contributed by atoms with Crippen LogP contribution < -0.4 is 20.9 Å². The summed E-state index contributed by atoms with van der Waals surface area (Å²) in [5, 5.41) is 9.63. The molecule has 1 aromatic carbocycles. The molecule has 1 aliphatic rings. The molecule has 0 aromatic heterocycles. The van der Waals surface area contributed by atoms with Gasteiger partial charge in [-0.25, -0.2) is 0 Å². The molecule has 88 valence electrons. The fraction of sp³-hybridized carbons (Fsp3) is 0.455. The Balaban J connectivity index is 2.34. The molecule has 1 aromatic rings.